The Labute approximate surface area is 108 Å². The summed E-state index contributed by atoms with van der Waals surface area (Å²) in [7, 11) is 0. The van der Waals surface area contributed by atoms with Gasteiger partial charge in [-0.2, -0.15) is 13.2 Å². The fourth-order valence-electron chi connectivity index (χ4n) is 1.35. The maximum atomic E-state index is 12.0. The van der Waals surface area contributed by atoms with Crippen molar-refractivity contribution in [1.29, 1.82) is 0 Å². The van der Waals surface area contributed by atoms with Crippen molar-refractivity contribution >= 4 is 11.7 Å². The van der Waals surface area contributed by atoms with Crippen LogP contribution in [-0.4, -0.2) is 25.4 Å². The van der Waals surface area contributed by atoms with Crippen LogP contribution < -0.4 is 10.5 Å². The van der Waals surface area contributed by atoms with Crippen LogP contribution in [0.2, 0.25) is 0 Å². The highest BCUT2D eigenvalue weighted by atomic mass is 19.4. The van der Waals surface area contributed by atoms with Gasteiger partial charge in [-0.05, 0) is 19.1 Å². The van der Waals surface area contributed by atoms with E-state index in [9.17, 15) is 18.0 Å². The number of hydrogen-bond acceptors (Lipinski definition) is 4. The molecule has 2 N–H and O–H groups in total. The first-order valence-electron chi connectivity index (χ1n) is 5.60. The van der Waals surface area contributed by atoms with E-state index >= 15 is 0 Å². The van der Waals surface area contributed by atoms with Gasteiger partial charge in [0.25, 0.3) is 0 Å². The van der Waals surface area contributed by atoms with E-state index in [4.69, 9.17) is 15.2 Å². The van der Waals surface area contributed by atoms with Crippen LogP contribution in [0.25, 0.3) is 0 Å². The molecule has 0 fully saturated rings. The smallest absolute Gasteiger partial charge is 0.392 e. The van der Waals surface area contributed by atoms with E-state index in [1.165, 1.54) is 18.2 Å². The number of para-hydroxylation sites is 1. The number of alkyl halides is 3. The summed E-state index contributed by atoms with van der Waals surface area (Å²) in [6, 6.07) is 4.32. The predicted molar refractivity (Wildman–Crippen MR) is 63.0 cm³/mol. The molecule has 0 bridgehead atoms. The SMILES string of the molecule is CCOC(=O)c1cccc(N)c1OCCC(F)(F)F. The lowest BCUT2D eigenvalue weighted by Crippen LogP contribution is -2.15. The fraction of sp³-hybridized carbons (Fsp3) is 0.417. The zero-order chi connectivity index (χ0) is 14.5. The molecular formula is C12H14F3NO3. The van der Waals surface area contributed by atoms with Gasteiger partial charge in [0.1, 0.15) is 5.56 Å². The normalized spacial score (nSPS) is 11.2. The van der Waals surface area contributed by atoms with Gasteiger partial charge in [-0.3, -0.25) is 0 Å². The van der Waals surface area contributed by atoms with Crippen molar-refractivity contribution in [1.82, 2.24) is 0 Å². The Morgan fingerprint density at radius 3 is 2.63 bits per heavy atom. The molecule has 0 saturated heterocycles. The number of halogens is 3. The van der Waals surface area contributed by atoms with Gasteiger partial charge in [-0.25, -0.2) is 4.79 Å². The van der Waals surface area contributed by atoms with Gasteiger partial charge in [-0.15, -0.1) is 0 Å². The van der Waals surface area contributed by atoms with Gasteiger partial charge in [0.2, 0.25) is 0 Å². The van der Waals surface area contributed by atoms with Crippen LogP contribution in [0.1, 0.15) is 23.7 Å². The average molecular weight is 277 g/mol. The molecule has 0 aromatic heterocycles. The summed E-state index contributed by atoms with van der Waals surface area (Å²) in [4.78, 5) is 11.6. The number of nitrogen functional groups attached to an aromatic ring is 1. The van der Waals surface area contributed by atoms with Crippen LogP contribution in [0, 0.1) is 0 Å². The Bertz CT molecular complexity index is 446. The number of carbonyl (C=O) groups is 1. The number of carbonyl (C=O) groups excluding carboxylic acids is 1. The van der Waals surface area contributed by atoms with Gasteiger partial charge < -0.3 is 15.2 Å². The number of esters is 1. The first-order chi connectivity index (χ1) is 8.85. The van der Waals surface area contributed by atoms with Gasteiger partial charge >= 0.3 is 12.1 Å². The largest absolute Gasteiger partial charge is 0.490 e. The molecular weight excluding hydrogens is 263 g/mol. The number of hydrogen-bond donors (Lipinski definition) is 1. The molecule has 7 heteroatoms. The van der Waals surface area contributed by atoms with Gasteiger partial charge in [0.05, 0.1) is 25.3 Å². The second-order valence-electron chi connectivity index (χ2n) is 3.66. The number of benzene rings is 1. The van der Waals surface area contributed by atoms with Crippen molar-refractivity contribution in [2.75, 3.05) is 18.9 Å². The molecule has 0 aliphatic carbocycles. The third-order valence-electron chi connectivity index (χ3n) is 2.17. The van der Waals surface area contributed by atoms with Crippen molar-refractivity contribution in [2.45, 2.75) is 19.5 Å². The molecule has 1 aromatic carbocycles. The molecule has 0 heterocycles. The van der Waals surface area contributed by atoms with Crippen LogP contribution in [0.5, 0.6) is 5.75 Å². The summed E-state index contributed by atoms with van der Waals surface area (Å²) in [6.07, 6.45) is -5.45. The molecule has 106 valence electrons. The number of nitrogens with two attached hydrogens (primary N) is 1. The summed E-state index contributed by atoms with van der Waals surface area (Å²) >= 11 is 0. The van der Waals surface area contributed by atoms with E-state index in [-0.39, 0.29) is 23.6 Å². The van der Waals surface area contributed by atoms with E-state index in [1.54, 1.807) is 6.92 Å². The highest BCUT2D eigenvalue weighted by Crippen LogP contribution is 2.28. The number of anilines is 1. The molecule has 0 unspecified atom stereocenters. The highest BCUT2D eigenvalue weighted by Gasteiger charge is 2.27. The molecule has 0 spiro atoms. The molecule has 0 saturated carbocycles. The zero-order valence-electron chi connectivity index (χ0n) is 10.3. The van der Waals surface area contributed by atoms with Crippen LogP contribution >= 0.6 is 0 Å². The third-order valence-corrected chi connectivity index (χ3v) is 2.17. The lowest BCUT2D eigenvalue weighted by molar-refractivity contribution is -0.139. The average Bonchev–Trinajstić information content (AvgIpc) is 2.30. The van der Waals surface area contributed by atoms with Crippen molar-refractivity contribution in [3.63, 3.8) is 0 Å². The zero-order valence-corrected chi connectivity index (χ0v) is 10.3. The molecule has 0 aliphatic heterocycles. The molecule has 0 atom stereocenters. The second-order valence-corrected chi connectivity index (χ2v) is 3.66. The van der Waals surface area contributed by atoms with E-state index in [1.807, 2.05) is 0 Å². The topological polar surface area (TPSA) is 61.5 Å². The van der Waals surface area contributed by atoms with E-state index in [0.717, 1.165) is 0 Å². The quantitative estimate of drug-likeness (QED) is 0.664. The maximum Gasteiger partial charge on any atom is 0.392 e. The minimum atomic E-state index is -4.33. The van der Waals surface area contributed by atoms with Gasteiger partial charge in [0.15, 0.2) is 5.75 Å². The molecule has 0 aliphatic rings. The first kappa shape index (κ1) is 15.1. The first-order valence-corrected chi connectivity index (χ1v) is 5.60. The Morgan fingerprint density at radius 2 is 2.05 bits per heavy atom. The predicted octanol–water partition coefficient (Wildman–Crippen LogP) is 2.78. The molecule has 1 aromatic rings. The standard InChI is InChI=1S/C12H14F3NO3/c1-2-18-11(17)8-4-3-5-9(16)10(8)19-7-6-12(13,14)15/h3-5H,2,6-7,16H2,1H3. The van der Waals surface area contributed by atoms with Crippen LogP contribution in [0.4, 0.5) is 18.9 Å². The lowest BCUT2D eigenvalue weighted by Gasteiger charge is -2.13. The van der Waals surface area contributed by atoms with Crippen molar-refractivity contribution in [3.8, 4) is 5.75 Å². The highest BCUT2D eigenvalue weighted by molar-refractivity contribution is 5.94. The van der Waals surface area contributed by atoms with Crippen molar-refractivity contribution in [2.24, 2.45) is 0 Å². The molecule has 19 heavy (non-hydrogen) atoms. The number of rotatable bonds is 5. The third kappa shape index (κ3) is 4.69. The summed E-state index contributed by atoms with van der Waals surface area (Å²) < 4.78 is 45.8. The van der Waals surface area contributed by atoms with Crippen LogP contribution in [0.3, 0.4) is 0 Å². The molecule has 4 nitrogen and oxygen atoms in total. The van der Waals surface area contributed by atoms with Crippen molar-refractivity contribution in [3.05, 3.63) is 23.8 Å². The Hall–Kier alpha value is -1.92. The number of ether oxygens (including phenoxy) is 2. The minimum Gasteiger partial charge on any atom is -0.490 e. The fourth-order valence-corrected chi connectivity index (χ4v) is 1.35. The minimum absolute atomic E-state index is 0.0176. The lowest BCUT2D eigenvalue weighted by atomic mass is 10.1. The Morgan fingerprint density at radius 1 is 1.37 bits per heavy atom. The Balaban J connectivity index is 2.83. The summed E-state index contributed by atoms with van der Waals surface area (Å²) in [6.45, 7) is 1.16. The molecule has 0 radical (unpaired) electrons. The monoisotopic (exact) mass is 277 g/mol. The van der Waals surface area contributed by atoms with Gasteiger partial charge in [0, 0.05) is 0 Å². The molecule has 0 amide bonds. The van der Waals surface area contributed by atoms with Crippen LogP contribution in [0.15, 0.2) is 18.2 Å². The van der Waals surface area contributed by atoms with E-state index in [2.05, 4.69) is 0 Å². The Kier molecular flexibility index (Phi) is 5.02. The second kappa shape index (κ2) is 6.31. The van der Waals surface area contributed by atoms with E-state index in [0.29, 0.717) is 0 Å². The summed E-state index contributed by atoms with van der Waals surface area (Å²) in [5, 5.41) is 0. The van der Waals surface area contributed by atoms with Crippen molar-refractivity contribution < 1.29 is 27.4 Å². The summed E-state index contributed by atoms with van der Waals surface area (Å²) in [5.74, 6) is -0.762. The van der Waals surface area contributed by atoms with E-state index < -0.39 is 25.2 Å². The molecule has 1 rings (SSSR count). The maximum absolute atomic E-state index is 12.0. The van der Waals surface area contributed by atoms with Crippen LogP contribution in [-0.2, 0) is 4.74 Å². The summed E-state index contributed by atoms with van der Waals surface area (Å²) in [5.41, 5.74) is 5.70. The van der Waals surface area contributed by atoms with Gasteiger partial charge in [-0.1, -0.05) is 6.07 Å².